The van der Waals surface area contributed by atoms with E-state index in [0.29, 0.717) is 24.2 Å². The standard InChI is InChI=1S/C15H16N6O5S/c1-11-2-3-14(27(24,25)26)12(8-11)4-6-20-10-13(17-18-20)9-19-7-5-16-15(19)21(22)23/h2-3,5,7-8,10H,4,6,9H2,1H3,(H,24,25,26). The average Bonchev–Trinajstić information content (AvgIpc) is 3.21. The van der Waals surface area contributed by atoms with E-state index in [2.05, 4.69) is 15.3 Å². The monoisotopic (exact) mass is 392 g/mol. The molecule has 0 fully saturated rings. The Morgan fingerprint density at radius 3 is 2.81 bits per heavy atom. The van der Waals surface area contributed by atoms with Gasteiger partial charge in [-0.05, 0) is 29.9 Å². The molecule has 3 rings (SSSR count). The fourth-order valence-electron chi connectivity index (χ4n) is 2.68. The van der Waals surface area contributed by atoms with Crippen LogP contribution in [0.25, 0.3) is 0 Å². The summed E-state index contributed by atoms with van der Waals surface area (Å²) in [5.74, 6) is -0.290. The van der Waals surface area contributed by atoms with Crippen LogP contribution in [0.3, 0.4) is 0 Å². The number of hydrogen-bond acceptors (Lipinski definition) is 7. The van der Waals surface area contributed by atoms with Gasteiger partial charge in [-0.1, -0.05) is 27.9 Å². The summed E-state index contributed by atoms with van der Waals surface area (Å²) in [6, 6.07) is 4.67. The maximum Gasteiger partial charge on any atom is 0.434 e. The van der Waals surface area contributed by atoms with Crippen LogP contribution in [0.1, 0.15) is 16.8 Å². The van der Waals surface area contributed by atoms with Crippen molar-refractivity contribution in [3.63, 3.8) is 0 Å². The van der Waals surface area contributed by atoms with Gasteiger partial charge in [0.1, 0.15) is 24.6 Å². The first-order chi connectivity index (χ1) is 12.7. The Kier molecular flexibility index (Phi) is 5.01. The van der Waals surface area contributed by atoms with Gasteiger partial charge >= 0.3 is 5.95 Å². The lowest BCUT2D eigenvalue weighted by atomic mass is 10.1. The van der Waals surface area contributed by atoms with E-state index >= 15 is 0 Å². The van der Waals surface area contributed by atoms with E-state index in [1.807, 2.05) is 6.92 Å². The number of hydrogen-bond donors (Lipinski definition) is 1. The zero-order valence-electron chi connectivity index (χ0n) is 14.3. The van der Waals surface area contributed by atoms with E-state index in [-0.39, 0.29) is 17.4 Å². The number of benzene rings is 1. The summed E-state index contributed by atoms with van der Waals surface area (Å²) in [6.45, 7) is 2.28. The summed E-state index contributed by atoms with van der Waals surface area (Å²) in [5, 5.41) is 18.8. The molecule has 0 bridgehead atoms. The highest BCUT2D eigenvalue weighted by Gasteiger charge is 2.17. The highest BCUT2D eigenvalue weighted by molar-refractivity contribution is 7.85. The van der Waals surface area contributed by atoms with Crippen molar-refractivity contribution in [2.75, 3.05) is 0 Å². The number of nitro groups is 1. The van der Waals surface area contributed by atoms with Crippen LogP contribution in [0.5, 0.6) is 0 Å². The molecule has 1 aromatic carbocycles. The minimum Gasteiger partial charge on any atom is -0.390 e. The third-order valence-corrected chi connectivity index (χ3v) is 4.83. The van der Waals surface area contributed by atoms with Crippen molar-refractivity contribution in [2.24, 2.45) is 0 Å². The molecule has 12 heteroatoms. The van der Waals surface area contributed by atoms with Gasteiger partial charge in [0.05, 0.1) is 11.1 Å². The molecule has 0 saturated heterocycles. The van der Waals surface area contributed by atoms with Crippen LogP contribution in [0.4, 0.5) is 5.95 Å². The molecule has 0 radical (unpaired) electrons. The van der Waals surface area contributed by atoms with Gasteiger partial charge in [-0.25, -0.2) is 4.57 Å². The third-order valence-electron chi connectivity index (χ3n) is 3.88. The predicted octanol–water partition coefficient (Wildman–Crippen LogP) is 1.23. The first-order valence-corrected chi connectivity index (χ1v) is 9.29. The summed E-state index contributed by atoms with van der Waals surface area (Å²) >= 11 is 0. The van der Waals surface area contributed by atoms with Crippen molar-refractivity contribution in [3.8, 4) is 0 Å². The summed E-state index contributed by atoms with van der Waals surface area (Å²) in [4.78, 5) is 13.8. The molecule has 2 aromatic heterocycles. The number of rotatable bonds is 7. The number of aryl methyl sites for hydroxylation is 3. The van der Waals surface area contributed by atoms with Crippen molar-refractivity contribution in [1.29, 1.82) is 0 Å². The molecule has 1 N–H and O–H groups in total. The molecule has 0 saturated carbocycles. The van der Waals surface area contributed by atoms with E-state index in [9.17, 15) is 23.1 Å². The summed E-state index contributed by atoms with van der Waals surface area (Å²) < 4.78 is 35.2. The molecule has 27 heavy (non-hydrogen) atoms. The highest BCUT2D eigenvalue weighted by Crippen LogP contribution is 2.18. The predicted molar refractivity (Wildman–Crippen MR) is 92.7 cm³/mol. The fraction of sp³-hybridized carbons (Fsp3) is 0.267. The van der Waals surface area contributed by atoms with Crippen LogP contribution in [0.15, 0.2) is 41.7 Å². The first kappa shape index (κ1) is 18.7. The Labute approximate surface area is 154 Å². The van der Waals surface area contributed by atoms with Crippen LogP contribution >= 0.6 is 0 Å². The first-order valence-electron chi connectivity index (χ1n) is 7.85. The molecule has 0 aliphatic rings. The normalized spacial score (nSPS) is 11.6. The zero-order valence-corrected chi connectivity index (χ0v) is 15.1. The number of imidazole rings is 1. The molecule has 3 aromatic rings. The smallest absolute Gasteiger partial charge is 0.390 e. The van der Waals surface area contributed by atoms with Gasteiger partial charge in [0.15, 0.2) is 0 Å². The average molecular weight is 392 g/mol. The zero-order chi connectivity index (χ0) is 19.6. The SMILES string of the molecule is Cc1ccc(S(=O)(=O)O)c(CCn2cc(Cn3ccnc3[N+](=O)[O-])nn2)c1. The van der Waals surface area contributed by atoms with E-state index in [1.165, 1.54) is 27.7 Å². The molecule has 0 spiro atoms. The van der Waals surface area contributed by atoms with Gasteiger partial charge in [-0.15, -0.1) is 5.10 Å². The lowest BCUT2D eigenvalue weighted by Gasteiger charge is -2.08. The van der Waals surface area contributed by atoms with E-state index in [4.69, 9.17) is 0 Å². The number of nitrogens with zero attached hydrogens (tertiary/aromatic N) is 6. The van der Waals surface area contributed by atoms with Crippen LogP contribution in [-0.4, -0.2) is 42.4 Å². The van der Waals surface area contributed by atoms with Crippen molar-refractivity contribution < 1.29 is 17.9 Å². The van der Waals surface area contributed by atoms with Gasteiger partial charge < -0.3 is 10.1 Å². The van der Waals surface area contributed by atoms with Gasteiger partial charge in [0.2, 0.25) is 0 Å². The maximum atomic E-state index is 11.5. The molecule has 0 aliphatic carbocycles. The maximum absolute atomic E-state index is 11.5. The summed E-state index contributed by atoms with van der Waals surface area (Å²) in [5.41, 5.74) is 1.83. The van der Waals surface area contributed by atoms with E-state index in [1.54, 1.807) is 18.3 Å². The van der Waals surface area contributed by atoms with E-state index in [0.717, 1.165) is 5.56 Å². The Balaban J connectivity index is 1.73. The number of aromatic nitrogens is 5. The second kappa shape index (κ2) is 7.25. The van der Waals surface area contributed by atoms with Crippen LogP contribution in [0, 0.1) is 17.0 Å². The third kappa shape index (κ3) is 4.35. The van der Waals surface area contributed by atoms with Gasteiger partial charge in [0.25, 0.3) is 10.1 Å². The summed E-state index contributed by atoms with van der Waals surface area (Å²) in [7, 11) is -4.32. The van der Waals surface area contributed by atoms with Gasteiger partial charge in [-0.3, -0.25) is 9.23 Å². The van der Waals surface area contributed by atoms with Gasteiger partial charge in [0, 0.05) is 6.54 Å². The minimum atomic E-state index is -4.32. The highest BCUT2D eigenvalue weighted by atomic mass is 32.2. The second-order valence-corrected chi connectivity index (χ2v) is 7.31. The van der Waals surface area contributed by atoms with Crippen molar-refractivity contribution >= 4 is 16.1 Å². The van der Waals surface area contributed by atoms with Crippen molar-refractivity contribution in [2.45, 2.75) is 31.3 Å². The molecule has 0 atom stereocenters. The Hall–Kier alpha value is -3.12. The minimum absolute atomic E-state index is 0.136. The Morgan fingerprint density at radius 1 is 1.33 bits per heavy atom. The van der Waals surface area contributed by atoms with Crippen molar-refractivity contribution in [1.82, 2.24) is 24.5 Å². The largest absolute Gasteiger partial charge is 0.434 e. The lowest BCUT2D eigenvalue weighted by Crippen LogP contribution is -2.08. The molecule has 2 heterocycles. The molecule has 0 amide bonds. The fourth-order valence-corrected chi connectivity index (χ4v) is 3.41. The molecule has 0 aliphatic heterocycles. The van der Waals surface area contributed by atoms with Crippen LogP contribution in [-0.2, 0) is 29.6 Å². The quantitative estimate of drug-likeness (QED) is 0.359. The van der Waals surface area contributed by atoms with Crippen molar-refractivity contribution in [3.05, 3.63) is 63.7 Å². The molecular formula is C15H16N6O5S. The molecule has 142 valence electrons. The Bertz CT molecular complexity index is 1090. The van der Waals surface area contributed by atoms with Gasteiger partial charge in [-0.2, -0.15) is 8.42 Å². The van der Waals surface area contributed by atoms with Crippen LogP contribution < -0.4 is 0 Å². The summed E-state index contributed by atoms with van der Waals surface area (Å²) in [6.07, 6.45) is 4.73. The second-order valence-electron chi connectivity index (χ2n) is 5.92. The lowest BCUT2D eigenvalue weighted by molar-refractivity contribution is -0.396. The van der Waals surface area contributed by atoms with E-state index < -0.39 is 15.0 Å². The molecule has 0 unspecified atom stereocenters. The topological polar surface area (TPSA) is 146 Å². The Morgan fingerprint density at radius 2 is 2.11 bits per heavy atom. The van der Waals surface area contributed by atoms with Crippen LogP contribution in [0.2, 0.25) is 0 Å². The molecule has 11 nitrogen and oxygen atoms in total. The molecular weight excluding hydrogens is 376 g/mol.